The molecular weight excluding hydrogens is 398 g/mol. The van der Waals surface area contributed by atoms with Crippen LogP contribution in [0.25, 0.3) is 11.3 Å². The fourth-order valence-electron chi connectivity index (χ4n) is 3.44. The van der Waals surface area contributed by atoms with Crippen molar-refractivity contribution in [1.29, 1.82) is 0 Å². The normalized spacial score (nSPS) is 18.7. The predicted molar refractivity (Wildman–Crippen MR) is 96.3 cm³/mol. The molecule has 0 bridgehead atoms. The molecule has 1 aromatic heterocycles. The second-order valence-electron chi connectivity index (χ2n) is 7.17. The van der Waals surface area contributed by atoms with Gasteiger partial charge in [-0.1, -0.05) is 12.1 Å². The molecule has 2 aromatic rings. The molecule has 3 rings (SSSR count). The average molecular weight is 418 g/mol. The second-order valence-corrected chi connectivity index (χ2v) is 7.17. The standard InChI is InChI=1S/C19H20F6N4/c1-12-9-16(26-15-3-2-8-29(10-15)11-18(20,21)22)27-28-17(12)13-4-6-14(7-5-13)19(23,24)25/h4-7,9,15H,2-3,8,10-11H2,1H3,(H,26,27)/t15-/m1/s1. The highest BCUT2D eigenvalue weighted by atomic mass is 19.4. The molecule has 0 spiro atoms. The molecule has 1 N–H and O–H groups in total. The number of likely N-dealkylation sites (tertiary alicyclic amines) is 1. The molecule has 4 nitrogen and oxygen atoms in total. The topological polar surface area (TPSA) is 41.0 Å². The monoisotopic (exact) mass is 418 g/mol. The van der Waals surface area contributed by atoms with E-state index < -0.39 is 24.5 Å². The van der Waals surface area contributed by atoms with Crippen LogP contribution >= 0.6 is 0 Å². The molecule has 1 aromatic carbocycles. The van der Waals surface area contributed by atoms with Gasteiger partial charge in [-0.25, -0.2) is 0 Å². The van der Waals surface area contributed by atoms with Crippen LogP contribution in [0.15, 0.2) is 30.3 Å². The molecule has 0 aliphatic carbocycles. The number of anilines is 1. The van der Waals surface area contributed by atoms with Gasteiger partial charge in [0, 0.05) is 18.2 Å². The minimum absolute atomic E-state index is 0.184. The summed E-state index contributed by atoms with van der Waals surface area (Å²) in [5, 5.41) is 11.3. The van der Waals surface area contributed by atoms with Crippen LogP contribution in [-0.4, -0.2) is 46.9 Å². The van der Waals surface area contributed by atoms with E-state index in [0.717, 1.165) is 18.6 Å². The SMILES string of the molecule is Cc1cc(N[C@@H]2CCCN(CC(F)(F)F)C2)nnc1-c1ccc(C(F)(F)F)cc1. The highest BCUT2D eigenvalue weighted by molar-refractivity contribution is 5.64. The highest BCUT2D eigenvalue weighted by Crippen LogP contribution is 2.31. The molecule has 0 unspecified atom stereocenters. The van der Waals surface area contributed by atoms with Gasteiger partial charge in [-0.3, -0.25) is 4.90 Å². The summed E-state index contributed by atoms with van der Waals surface area (Å²) in [4.78, 5) is 1.36. The minimum atomic E-state index is -4.41. The molecule has 29 heavy (non-hydrogen) atoms. The quantitative estimate of drug-likeness (QED) is 0.717. The van der Waals surface area contributed by atoms with E-state index in [4.69, 9.17) is 0 Å². The summed E-state index contributed by atoms with van der Waals surface area (Å²) in [5.74, 6) is 0.428. The van der Waals surface area contributed by atoms with E-state index >= 15 is 0 Å². The molecule has 158 valence electrons. The van der Waals surface area contributed by atoms with Gasteiger partial charge in [0.2, 0.25) is 0 Å². The smallest absolute Gasteiger partial charge is 0.365 e. The lowest BCUT2D eigenvalue weighted by Gasteiger charge is -2.33. The van der Waals surface area contributed by atoms with Crippen molar-refractivity contribution in [2.45, 2.75) is 38.2 Å². The molecule has 0 saturated carbocycles. The summed E-state index contributed by atoms with van der Waals surface area (Å²) in [6.45, 7) is 1.46. The molecule has 1 aliphatic heterocycles. The number of aryl methyl sites for hydroxylation is 1. The fraction of sp³-hybridized carbons (Fsp3) is 0.474. The third-order valence-corrected chi connectivity index (χ3v) is 4.73. The Morgan fingerprint density at radius 1 is 1.07 bits per heavy atom. The Kier molecular flexibility index (Phi) is 6.02. The molecule has 1 atom stereocenters. The van der Waals surface area contributed by atoms with Crippen LogP contribution in [0, 0.1) is 6.92 Å². The first-order valence-corrected chi connectivity index (χ1v) is 9.09. The summed E-state index contributed by atoms with van der Waals surface area (Å²) in [7, 11) is 0. The number of benzene rings is 1. The van der Waals surface area contributed by atoms with Crippen LogP contribution in [0.3, 0.4) is 0 Å². The van der Waals surface area contributed by atoms with Gasteiger partial charge in [-0.05, 0) is 50.1 Å². The second kappa shape index (κ2) is 8.17. The number of alkyl halides is 6. The van der Waals surface area contributed by atoms with Crippen LogP contribution in [0.5, 0.6) is 0 Å². The number of nitrogens with one attached hydrogen (secondary N) is 1. The first kappa shape index (κ1) is 21.4. The van der Waals surface area contributed by atoms with Crippen molar-refractivity contribution in [3.63, 3.8) is 0 Å². The van der Waals surface area contributed by atoms with E-state index in [0.29, 0.717) is 35.6 Å². The lowest BCUT2D eigenvalue weighted by molar-refractivity contribution is -0.147. The lowest BCUT2D eigenvalue weighted by atomic mass is 10.0. The average Bonchev–Trinajstić information content (AvgIpc) is 2.60. The lowest BCUT2D eigenvalue weighted by Crippen LogP contribution is -2.45. The molecule has 1 fully saturated rings. The summed E-state index contributed by atoms with van der Waals surface area (Å²) in [5.41, 5.74) is 0.909. The van der Waals surface area contributed by atoms with Crippen LogP contribution in [-0.2, 0) is 6.18 Å². The minimum Gasteiger partial charge on any atom is -0.365 e. The van der Waals surface area contributed by atoms with Crippen molar-refractivity contribution in [2.24, 2.45) is 0 Å². The molecule has 10 heteroatoms. The van der Waals surface area contributed by atoms with Gasteiger partial charge in [0.05, 0.1) is 17.8 Å². The van der Waals surface area contributed by atoms with Gasteiger partial charge in [0.15, 0.2) is 0 Å². The predicted octanol–water partition coefficient (Wildman–Crippen LogP) is 4.91. The number of rotatable bonds is 4. The van der Waals surface area contributed by atoms with Crippen LogP contribution < -0.4 is 5.32 Å². The van der Waals surface area contributed by atoms with Crippen molar-refractivity contribution in [1.82, 2.24) is 15.1 Å². The number of hydrogen-bond acceptors (Lipinski definition) is 4. The van der Waals surface area contributed by atoms with E-state index in [9.17, 15) is 26.3 Å². The van der Waals surface area contributed by atoms with Gasteiger partial charge in [-0.15, -0.1) is 10.2 Å². The number of piperidine rings is 1. The van der Waals surface area contributed by atoms with Crippen molar-refractivity contribution < 1.29 is 26.3 Å². The summed E-state index contributed by atoms with van der Waals surface area (Å²) < 4.78 is 75.9. The molecule has 2 heterocycles. The Morgan fingerprint density at radius 3 is 2.34 bits per heavy atom. The van der Waals surface area contributed by atoms with E-state index in [1.165, 1.54) is 17.0 Å². The first-order valence-electron chi connectivity index (χ1n) is 9.09. The molecule has 1 aliphatic rings. The van der Waals surface area contributed by atoms with Crippen molar-refractivity contribution in [3.05, 3.63) is 41.5 Å². The third kappa shape index (κ3) is 5.81. The zero-order valence-electron chi connectivity index (χ0n) is 15.6. The van der Waals surface area contributed by atoms with Gasteiger partial charge >= 0.3 is 12.4 Å². The van der Waals surface area contributed by atoms with E-state index in [1.807, 2.05) is 0 Å². The molecule has 0 amide bonds. The first-order chi connectivity index (χ1) is 13.5. The number of aromatic nitrogens is 2. The zero-order valence-corrected chi connectivity index (χ0v) is 15.6. The zero-order chi connectivity index (χ0) is 21.2. The Bertz CT molecular complexity index is 832. The highest BCUT2D eigenvalue weighted by Gasteiger charge is 2.33. The summed E-state index contributed by atoms with van der Waals surface area (Å²) in [6.07, 6.45) is -7.28. The number of hydrogen-bond donors (Lipinski definition) is 1. The third-order valence-electron chi connectivity index (χ3n) is 4.73. The van der Waals surface area contributed by atoms with E-state index in [1.54, 1.807) is 13.0 Å². The maximum atomic E-state index is 12.7. The molecular formula is C19H20F6N4. The molecule has 0 radical (unpaired) electrons. The van der Waals surface area contributed by atoms with Crippen LogP contribution in [0.2, 0.25) is 0 Å². The largest absolute Gasteiger partial charge is 0.416 e. The van der Waals surface area contributed by atoms with Crippen LogP contribution in [0.4, 0.5) is 32.2 Å². The number of nitrogens with zero attached hydrogens (tertiary/aromatic N) is 3. The number of halogens is 6. The Morgan fingerprint density at radius 2 is 1.76 bits per heavy atom. The van der Waals surface area contributed by atoms with Crippen LogP contribution in [0.1, 0.15) is 24.0 Å². The van der Waals surface area contributed by atoms with Gasteiger partial charge in [0.25, 0.3) is 0 Å². The maximum absolute atomic E-state index is 12.7. The Labute approximate surface area is 163 Å². The van der Waals surface area contributed by atoms with Gasteiger partial charge in [0.1, 0.15) is 5.82 Å². The Balaban J connectivity index is 1.68. The van der Waals surface area contributed by atoms with Crippen molar-refractivity contribution >= 4 is 5.82 Å². The maximum Gasteiger partial charge on any atom is 0.416 e. The van der Waals surface area contributed by atoms with Crippen molar-refractivity contribution in [3.8, 4) is 11.3 Å². The summed E-state index contributed by atoms with van der Waals surface area (Å²) >= 11 is 0. The fourth-order valence-corrected chi connectivity index (χ4v) is 3.44. The van der Waals surface area contributed by atoms with Crippen molar-refractivity contribution in [2.75, 3.05) is 25.0 Å². The van der Waals surface area contributed by atoms with E-state index in [2.05, 4.69) is 15.5 Å². The summed E-state index contributed by atoms with van der Waals surface area (Å²) in [6, 6.07) is 6.16. The van der Waals surface area contributed by atoms with Gasteiger partial charge in [-0.2, -0.15) is 26.3 Å². The Hall–Kier alpha value is -2.36. The van der Waals surface area contributed by atoms with E-state index in [-0.39, 0.29) is 12.6 Å². The van der Waals surface area contributed by atoms with Gasteiger partial charge < -0.3 is 5.32 Å². The molecule has 1 saturated heterocycles.